The largest absolute Gasteiger partial charge is 0.382 e. The minimum atomic E-state index is 0.622. The Balaban J connectivity index is 1.44. The second-order valence-corrected chi connectivity index (χ2v) is 5.84. The zero-order valence-corrected chi connectivity index (χ0v) is 11.7. The molecule has 3 rings (SSSR count). The van der Waals surface area contributed by atoms with Gasteiger partial charge in [-0.05, 0) is 57.9 Å². The Hall–Kier alpha value is -1.07. The van der Waals surface area contributed by atoms with Gasteiger partial charge in [-0.2, -0.15) is 5.10 Å². The molecular weight excluding hydrogens is 238 g/mol. The van der Waals surface area contributed by atoms with Gasteiger partial charge in [-0.1, -0.05) is 0 Å². The smallest absolute Gasteiger partial charge is 0.145 e. The van der Waals surface area contributed by atoms with Crippen LogP contribution < -0.4 is 5.73 Å². The van der Waals surface area contributed by atoms with Gasteiger partial charge in [-0.25, -0.2) is 0 Å². The molecule has 1 aromatic heterocycles. The second-order valence-electron chi connectivity index (χ2n) is 5.84. The summed E-state index contributed by atoms with van der Waals surface area (Å²) in [5.74, 6) is 0.622. The van der Waals surface area contributed by atoms with E-state index in [2.05, 4.69) is 14.9 Å². The van der Waals surface area contributed by atoms with Crippen molar-refractivity contribution in [2.45, 2.75) is 38.3 Å². The highest BCUT2D eigenvalue weighted by Gasteiger charge is 2.28. The van der Waals surface area contributed by atoms with Crippen molar-refractivity contribution in [1.82, 2.24) is 19.6 Å². The van der Waals surface area contributed by atoms with E-state index in [9.17, 15) is 0 Å². The molecule has 0 aliphatic carbocycles. The van der Waals surface area contributed by atoms with Gasteiger partial charge in [0.15, 0.2) is 0 Å². The summed E-state index contributed by atoms with van der Waals surface area (Å²) in [6.07, 6.45) is 7.24. The Morgan fingerprint density at radius 1 is 1.21 bits per heavy atom. The van der Waals surface area contributed by atoms with E-state index >= 15 is 0 Å². The van der Waals surface area contributed by atoms with E-state index in [0.717, 1.165) is 19.0 Å². The third-order valence-electron chi connectivity index (χ3n) is 4.41. The zero-order valence-electron chi connectivity index (χ0n) is 11.7. The lowest BCUT2D eigenvalue weighted by atomic mass is 10.2. The van der Waals surface area contributed by atoms with Crippen molar-refractivity contribution in [3.63, 3.8) is 0 Å². The predicted molar refractivity (Wildman–Crippen MR) is 76.9 cm³/mol. The Labute approximate surface area is 115 Å². The molecule has 2 N–H and O–H groups in total. The molecule has 1 atom stereocenters. The summed E-state index contributed by atoms with van der Waals surface area (Å²) in [5.41, 5.74) is 5.62. The zero-order chi connectivity index (χ0) is 13.1. The fourth-order valence-electron chi connectivity index (χ4n) is 3.44. The lowest BCUT2D eigenvalue weighted by Gasteiger charge is -2.25. The first-order valence-corrected chi connectivity index (χ1v) is 7.56. The van der Waals surface area contributed by atoms with Crippen LogP contribution in [0.25, 0.3) is 0 Å². The molecule has 0 amide bonds. The van der Waals surface area contributed by atoms with E-state index in [1.54, 1.807) is 0 Å². The van der Waals surface area contributed by atoms with Crippen LogP contribution in [0.5, 0.6) is 0 Å². The van der Waals surface area contributed by atoms with Gasteiger partial charge in [0.05, 0.1) is 0 Å². The van der Waals surface area contributed by atoms with Crippen LogP contribution in [-0.2, 0) is 6.54 Å². The highest BCUT2D eigenvalue weighted by Crippen LogP contribution is 2.21. The summed E-state index contributed by atoms with van der Waals surface area (Å²) in [7, 11) is 0. The number of nitrogen functional groups attached to an aromatic ring is 1. The highest BCUT2D eigenvalue weighted by atomic mass is 15.3. The summed E-state index contributed by atoms with van der Waals surface area (Å²) >= 11 is 0. The molecule has 1 aromatic rings. The Kier molecular flexibility index (Phi) is 4.03. The van der Waals surface area contributed by atoms with Crippen molar-refractivity contribution in [1.29, 1.82) is 0 Å². The van der Waals surface area contributed by atoms with Crippen LogP contribution in [0.3, 0.4) is 0 Å². The maximum absolute atomic E-state index is 5.62. The van der Waals surface area contributed by atoms with Crippen molar-refractivity contribution in [3.05, 3.63) is 12.3 Å². The number of rotatable bonds is 4. The molecule has 2 aliphatic heterocycles. The van der Waals surface area contributed by atoms with E-state index < -0.39 is 0 Å². The van der Waals surface area contributed by atoms with Gasteiger partial charge in [0, 0.05) is 25.3 Å². The van der Waals surface area contributed by atoms with Crippen LogP contribution in [-0.4, -0.2) is 58.3 Å². The van der Waals surface area contributed by atoms with Crippen LogP contribution in [0.1, 0.15) is 25.7 Å². The molecular formula is C14H25N5. The van der Waals surface area contributed by atoms with Crippen molar-refractivity contribution < 1.29 is 0 Å². The van der Waals surface area contributed by atoms with Crippen LogP contribution in [0.15, 0.2) is 12.3 Å². The Morgan fingerprint density at radius 3 is 2.95 bits per heavy atom. The summed E-state index contributed by atoms with van der Waals surface area (Å²) in [6.45, 7) is 7.31. The van der Waals surface area contributed by atoms with Gasteiger partial charge in [0.25, 0.3) is 0 Å². The van der Waals surface area contributed by atoms with E-state index in [0.29, 0.717) is 5.82 Å². The Morgan fingerprint density at radius 2 is 2.11 bits per heavy atom. The van der Waals surface area contributed by atoms with Crippen molar-refractivity contribution >= 4 is 5.82 Å². The van der Waals surface area contributed by atoms with Crippen LogP contribution in [0.4, 0.5) is 5.82 Å². The summed E-state index contributed by atoms with van der Waals surface area (Å²) in [4.78, 5) is 5.33. The Bertz CT molecular complexity index is 402. The van der Waals surface area contributed by atoms with E-state index in [1.807, 2.05) is 16.9 Å². The molecule has 3 heterocycles. The summed E-state index contributed by atoms with van der Waals surface area (Å²) in [6, 6.07) is 2.69. The maximum Gasteiger partial charge on any atom is 0.145 e. The number of nitrogens with two attached hydrogens (primary N) is 1. The first-order valence-electron chi connectivity index (χ1n) is 7.56. The molecule has 0 bridgehead atoms. The van der Waals surface area contributed by atoms with Gasteiger partial charge in [-0.3, -0.25) is 9.58 Å². The number of anilines is 1. The molecule has 106 valence electrons. The van der Waals surface area contributed by atoms with Crippen LogP contribution >= 0.6 is 0 Å². The van der Waals surface area contributed by atoms with Gasteiger partial charge < -0.3 is 10.6 Å². The molecule has 0 spiro atoms. The molecule has 2 saturated heterocycles. The number of aryl methyl sites for hydroxylation is 1. The molecule has 0 saturated carbocycles. The fourth-order valence-corrected chi connectivity index (χ4v) is 3.44. The molecule has 0 radical (unpaired) electrons. The average molecular weight is 263 g/mol. The second kappa shape index (κ2) is 5.92. The van der Waals surface area contributed by atoms with Crippen molar-refractivity contribution in [2.24, 2.45) is 0 Å². The summed E-state index contributed by atoms with van der Waals surface area (Å²) in [5, 5.41) is 4.23. The number of nitrogens with zero attached hydrogens (tertiary/aromatic N) is 4. The minimum Gasteiger partial charge on any atom is -0.382 e. The van der Waals surface area contributed by atoms with Gasteiger partial charge in [0.2, 0.25) is 0 Å². The van der Waals surface area contributed by atoms with Gasteiger partial charge >= 0.3 is 0 Å². The normalized spacial score (nSPS) is 25.4. The first kappa shape index (κ1) is 12.9. The monoisotopic (exact) mass is 263 g/mol. The standard InChI is InChI=1S/C14H25N5/c15-14-5-11-19(16-14)10-3-7-17-6-2-9-18-8-1-4-13(18)12-17/h5,11,13H,1-4,6-10,12H2,(H2,15,16). The maximum atomic E-state index is 5.62. The fraction of sp³-hybridized carbons (Fsp3) is 0.786. The molecule has 5 nitrogen and oxygen atoms in total. The van der Waals surface area contributed by atoms with E-state index in [1.165, 1.54) is 52.0 Å². The summed E-state index contributed by atoms with van der Waals surface area (Å²) < 4.78 is 1.95. The third-order valence-corrected chi connectivity index (χ3v) is 4.41. The van der Waals surface area contributed by atoms with Crippen LogP contribution in [0, 0.1) is 0 Å². The number of fused-ring (bicyclic) bond motifs is 1. The SMILES string of the molecule is Nc1ccn(CCCN2CCCN3CCCC3C2)n1. The van der Waals surface area contributed by atoms with Gasteiger partial charge in [0.1, 0.15) is 5.82 Å². The van der Waals surface area contributed by atoms with E-state index in [-0.39, 0.29) is 0 Å². The van der Waals surface area contributed by atoms with Crippen molar-refractivity contribution in [3.8, 4) is 0 Å². The third kappa shape index (κ3) is 3.28. The van der Waals surface area contributed by atoms with E-state index in [4.69, 9.17) is 5.73 Å². The van der Waals surface area contributed by atoms with Gasteiger partial charge in [-0.15, -0.1) is 0 Å². The highest BCUT2D eigenvalue weighted by molar-refractivity contribution is 5.23. The predicted octanol–water partition coefficient (Wildman–Crippen LogP) is 1.03. The molecule has 0 aromatic carbocycles. The van der Waals surface area contributed by atoms with Crippen LogP contribution in [0.2, 0.25) is 0 Å². The molecule has 1 unspecified atom stereocenters. The molecule has 19 heavy (non-hydrogen) atoms. The minimum absolute atomic E-state index is 0.622. The lowest BCUT2D eigenvalue weighted by Crippen LogP contribution is -2.37. The topological polar surface area (TPSA) is 50.3 Å². The number of hydrogen-bond donors (Lipinski definition) is 1. The molecule has 5 heteroatoms. The molecule has 2 aliphatic rings. The molecule has 2 fully saturated rings. The number of hydrogen-bond acceptors (Lipinski definition) is 4. The first-order chi connectivity index (χ1) is 9.31. The number of aromatic nitrogens is 2. The lowest BCUT2D eigenvalue weighted by molar-refractivity contribution is 0.216. The quantitative estimate of drug-likeness (QED) is 0.881. The van der Waals surface area contributed by atoms with Crippen molar-refractivity contribution in [2.75, 3.05) is 38.5 Å². The average Bonchev–Trinajstić information content (AvgIpc) is 2.95.